The van der Waals surface area contributed by atoms with Gasteiger partial charge >= 0.3 is 6.03 Å². The fourth-order valence-electron chi connectivity index (χ4n) is 4.12. The van der Waals surface area contributed by atoms with E-state index in [0.717, 1.165) is 50.0 Å². The molecule has 1 saturated heterocycles. The van der Waals surface area contributed by atoms with Gasteiger partial charge in [0.05, 0.1) is 0 Å². The number of carbonyl (C=O) groups is 1. The summed E-state index contributed by atoms with van der Waals surface area (Å²) in [6.07, 6.45) is 2.16. The van der Waals surface area contributed by atoms with E-state index in [-0.39, 0.29) is 11.8 Å². The van der Waals surface area contributed by atoms with E-state index in [9.17, 15) is 9.90 Å². The number of nitrogens with one attached hydrogen (secondary N) is 1. The molecule has 2 heterocycles. The van der Waals surface area contributed by atoms with Crippen LogP contribution in [0.1, 0.15) is 31.4 Å². The number of benzene rings is 1. The van der Waals surface area contributed by atoms with Crippen molar-refractivity contribution in [3.05, 3.63) is 29.3 Å². The molecule has 1 aromatic rings. The minimum atomic E-state index is 0.00194. The number of fused-ring (bicyclic) bond motifs is 1. The van der Waals surface area contributed by atoms with E-state index in [0.29, 0.717) is 13.1 Å². The van der Waals surface area contributed by atoms with Crippen molar-refractivity contribution in [3.8, 4) is 5.75 Å². The van der Waals surface area contributed by atoms with E-state index in [1.807, 2.05) is 11.0 Å². The SMILES string of the molecule is C[C@H]1C[C@H](C)CN(CCNC(=O)N2CCc3ccc(O)cc3C2)C1. The first kappa shape index (κ1) is 17.1. The highest BCUT2D eigenvalue weighted by atomic mass is 16.3. The molecule has 2 aliphatic rings. The highest BCUT2D eigenvalue weighted by Gasteiger charge is 2.23. The first-order valence-corrected chi connectivity index (χ1v) is 9.07. The summed E-state index contributed by atoms with van der Waals surface area (Å²) in [5.74, 6) is 1.76. The molecule has 0 radical (unpaired) electrons. The Morgan fingerprint density at radius 2 is 2.00 bits per heavy atom. The number of rotatable bonds is 3. The summed E-state index contributed by atoms with van der Waals surface area (Å²) in [5.41, 5.74) is 2.28. The normalized spacial score (nSPS) is 24.5. The molecular weight excluding hydrogens is 302 g/mol. The number of hydrogen-bond acceptors (Lipinski definition) is 3. The predicted molar refractivity (Wildman–Crippen MR) is 95.0 cm³/mol. The summed E-state index contributed by atoms with van der Waals surface area (Å²) in [6, 6.07) is 5.45. The van der Waals surface area contributed by atoms with Crippen LogP contribution < -0.4 is 5.32 Å². The molecule has 2 N–H and O–H groups in total. The molecule has 2 atom stereocenters. The van der Waals surface area contributed by atoms with Gasteiger partial charge in [-0.1, -0.05) is 19.9 Å². The van der Waals surface area contributed by atoms with Gasteiger partial charge in [0.1, 0.15) is 5.75 Å². The van der Waals surface area contributed by atoms with Gasteiger partial charge in [0.15, 0.2) is 0 Å². The quantitative estimate of drug-likeness (QED) is 0.894. The lowest BCUT2D eigenvalue weighted by atomic mass is 9.92. The van der Waals surface area contributed by atoms with Gasteiger partial charge in [-0.3, -0.25) is 0 Å². The summed E-state index contributed by atoms with van der Waals surface area (Å²) >= 11 is 0. The number of hydrogen-bond donors (Lipinski definition) is 2. The molecule has 3 rings (SSSR count). The summed E-state index contributed by atoms with van der Waals surface area (Å²) < 4.78 is 0. The van der Waals surface area contributed by atoms with Gasteiger partial charge in [0.2, 0.25) is 0 Å². The Kier molecular flexibility index (Phi) is 5.29. The average Bonchev–Trinajstić information content (AvgIpc) is 2.53. The number of phenolic OH excluding ortho intramolecular Hbond substituents is 1. The van der Waals surface area contributed by atoms with E-state index in [1.165, 1.54) is 12.0 Å². The van der Waals surface area contributed by atoms with Crippen LogP contribution in [-0.2, 0) is 13.0 Å². The first-order valence-electron chi connectivity index (χ1n) is 9.07. The van der Waals surface area contributed by atoms with Crippen molar-refractivity contribution < 1.29 is 9.90 Å². The van der Waals surface area contributed by atoms with E-state index < -0.39 is 0 Å². The predicted octanol–water partition coefficient (Wildman–Crippen LogP) is 2.44. The van der Waals surface area contributed by atoms with E-state index in [1.54, 1.807) is 12.1 Å². The minimum absolute atomic E-state index is 0.00194. The smallest absolute Gasteiger partial charge is 0.317 e. The number of phenols is 1. The highest BCUT2D eigenvalue weighted by molar-refractivity contribution is 5.74. The molecule has 0 aliphatic carbocycles. The van der Waals surface area contributed by atoms with Crippen molar-refractivity contribution in [2.24, 2.45) is 11.8 Å². The Labute approximate surface area is 144 Å². The first-order chi connectivity index (χ1) is 11.5. The fraction of sp³-hybridized carbons (Fsp3) is 0.632. The maximum Gasteiger partial charge on any atom is 0.317 e. The van der Waals surface area contributed by atoms with Gasteiger partial charge in [0.25, 0.3) is 0 Å². The van der Waals surface area contributed by atoms with Gasteiger partial charge in [-0.25, -0.2) is 4.79 Å². The third-order valence-electron chi connectivity index (χ3n) is 5.14. The summed E-state index contributed by atoms with van der Waals surface area (Å²) in [7, 11) is 0. The molecule has 1 aromatic carbocycles. The fourth-order valence-corrected chi connectivity index (χ4v) is 4.12. The van der Waals surface area contributed by atoms with Crippen molar-refractivity contribution in [1.29, 1.82) is 0 Å². The average molecular weight is 331 g/mol. The van der Waals surface area contributed by atoms with Gasteiger partial charge in [-0.15, -0.1) is 0 Å². The van der Waals surface area contributed by atoms with Crippen LogP contribution in [0.5, 0.6) is 5.75 Å². The van der Waals surface area contributed by atoms with Gasteiger partial charge < -0.3 is 20.2 Å². The Balaban J connectivity index is 1.46. The third-order valence-corrected chi connectivity index (χ3v) is 5.14. The van der Waals surface area contributed by atoms with Gasteiger partial charge in [-0.05, 0) is 47.9 Å². The monoisotopic (exact) mass is 331 g/mol. The topological polar surface area (TPSA) is 55.8 Å². The van der Waals surface area contributed by atoms with E-state index in [4.69, 9.17) is 0 Å². The second kappa shape index (κ2) is 7.43. The van der Waals surface area contributed by atoms with Crippen LogP contribution in [0.2, 0.25) is 0 Å². The van der Waals surface area contributed by atoms with Crippen LogP contribution in [0.15, 0.2) is 18.2 Å². The second-order valence-electron chi connectivity index (χ2n) is 7.56. The highest BCUT2D eigenvalue weighted by Crippen LogP contribution is 2.23. The molecular formula is C19H29N3O2. The maximum atomic E-state index is 12.4. The summed E-state index contributed by atoms with van der Waals surface area (Å²) in [4.78, 5) is 16.7. The lowest BCUT2D eigenvalue weighted by molar-refractivity contribution is 0.140. The molecule has 5 nitrogen and oxygen atoms in total. The molecule has 132 valence electrons. The van der Waals surface area contributed by atoms with Crippen molar-refractivity contribution in [3.63, 3.8) is 0 Å². The molecule has 0 aromatic heterocycles. The molecule has 2 aliphatic heterocycles. The van der Waals surface area contributed by atoms with Crippen LogP contribution in [0, 0.1) is 11.8 Å². The zero-order valence-corrected chi connectivity index (χ0v) is 14.8. The lowest BCUT2D eigenvalue weighted by Gasteiger charge is -2.35. The number of urea groups is 1. The van der Waals surface area contributed by atoms with Crippen molar-refractivity contribution in [2.75, 3.05) is 32.7 Å². The molecule has 0 bridgehead atoms. The van der Waals surface area contributed by atoms with Crippen molar-refractivity contribution in [2.45, 2.75) is 33.2 Å². The van der Waals surface area contributed by atoms with Crippen LogP contribution in [-0.4, -0.2) is 53.7 Å². The van der Waals surface area contributed by atoms with Crippen LogP contribution in [0.4, 0.5) is 4.79 Å². The molecule has 5 heteroatoms. The number of carbonyl (C=O) groups excluding carboxylic acids is 1. The van der Waals surface area contributed by atoms with Gasteiger partial charge in [0, 0.05) is 39.3 Å². The Bertz CT molecular complexity index is 580. The molecule has 24 heavy (non-hydrogen) atoms. The Hall–Kier alpha value is -1.75. The molecule has 1 fully saturated rings. The maximum absolute atomic E-state index is 12.4. The minimum Gasteiger partial charge on any atom is -0.508 e. The zero-order valence-electron chi connectivity index (χ0n) is 14.8. The van der Waals surface area contributed by atoms with Gasteiger partial charge in [-0.2, -0.15) is 0 Å². The molecule has 0 saturated carbocycles. The van der Waals surface area contributed by atoms with E-state index >= 15 is 0 Å². The number of aromatic hydroxyl groups is 1. The number of likely N-dealkylation sites (tertiary alicyclic amines) is 1. The van der Waals surface area contributed by atoms with Crippen molar-refractivity contribution in [1.82, 2.24) is 15.1 Å². The Morgan fingerprint density at radius 1 is 1.25 bits per heavy atom. The number of amides is 2. The lowest BCUT2D eigenvalue weighted by Crippen LogP contribution is -2.47. The number of nitrogens with zero attached hydrogens (tertiary/aromatic N) is 2. The summed E-state index contributed by atoms with van der Waals surface area (Å²) in [5, 5.41) is 12.7. The van der Waals surface area contributed by atoms with Crippen molar-refractivity contribution >= 4 is 6.03 Å². The third kappa shape index (κ3) is 4.20. The standard InChI is InChI=1S/C19H29N3O2/c1-14-9-15(2)12-21(11-14)8-6-20-19(24)22-7-5-16-3-4-18(23)10-17(16)13-22/h3-4,10,14-15,23H,5-9,11-13H2,1-2H3,(H,20,24)/t14-,15-/m0/s1. The van der Waals surface area contributed by atoms with Crippen LogP contribution in [0.3, 0.4) is 0 Å². The van der Waals surface area contributed by atoms with Crippen LogP contribution in [0.25, 0.3) is 0 Å². The zero-order chi connectivity index (χ0) is 17.1. The van der Waals surface area contributed by atoms with E-state index in [2.05, 4.69) is 24.1 Å². The molecule has 2 amide bonds. The molecule has 0 spiro atoms. The molecule has 0 unspecified atom stereocenters. The Morgan fingerprint density at radius 3 is 2.75 bits per heavy atom. The summed E-state index contributed by atoms with van der Waals surface area (Å²) in [6.45, 7) is 9.82. The van der Waals surface area contributed by atoms with Crippen LogP contribution >= 0.6 is 0 Å². The second-order valence-corrected chi connectivity index (χ2v) is 7.56. The largest absolute Gasteiger partial charge is 0.508 e. The number of piperidine rings is 1.